The molecule has 0 bridgehead atoms. The van der Waals surface area contributed by atoms with Crippen molar-refractivity contribution in [2.75, 3.05) is 0 Å². The van der Waals surface area contributed by atoms with E-state index in [0.29, 0.717) is 11.4 Å². The van der Waals surface area contributed by atoms with Crippen LogP contribution in [0.5, 0.6) is 0 Å². The second-order valence-corrected chi connectivity index (χ2v) is 5.38. The van der Waals surface area contributed by atoms with Crippen molar-refractivity contribution in [2.45, 2.75) is 38.8 Å². The predicted octanol–water partition coefficient (Wildman–Crippen LogP) is 4.01. The summed E-state index contributed by atoms with van der Waals surface area (Å²) in [5, 5.41) is 0.674. The second kappa shape index (κ2) is 7.84. The van der Waals surface area contributed by atoms with Crippen LogP contribution in [0.1, 0.15) is 37.8 Å². The Hall–Kier alpha value is -1.81. The number of hydrogen-bond donors (Lipinski definition) is 0. The van der Waals surface area contributed by atoms with Gasteiger partial charge in [-0.3, -0.25) is 4.79 Å². The number of carbonyl (C=O) groups excluding carboxylic acids is 1. The quantitative estimate of drug-likeness (QED) is 0.726. The highest BCUT2D eigenvalue weighted by Gasteiger charge is 2.15. The summed E-state index contributed by atoms with van der Waals surface area (Å²) in [5.41, 5.74) is 0.933. The molecule has 1 aromatic heterocycles. The van der Waals surface area contributed by atoms with Gasteiger partial charge >= 0.3 is 5.97 Å². The highest BCUT2D eigenvalue weighted by atomic mass is 35.5. The molecule has 0 aliphatic carbocycles. The molecular formula is C16H19ClN2O2. The molecule has 0 saturated carbocycles. The molecule has 5 heteroatoms. The SMILES string of the molecule is CCC[C@H](CC(=O)OCc1ccc(Cl)cc1)n1ccnc1. The van der Waals surface area contributed by atoms with E-state index >= 15 is 0 Å². The molecule has 1 atom stereocenters. The molecule has 4 nitrogen and oxygen atoms in total. The van der Waals surface area contributed by atoms with Crippen molar-refractivity contribution >= 4 is 17.6 Å². The van der Waals surface area contributed by atoms with Crippen LogP contribution < -0.4 is 0 Å². The number of carbonyl (C=O) groups is 1. The maximum atomic E-state index is 12.0. The molecule has 0 aliphatic heterocycles. The van der Waals surface area contributed by atoms with Crippen LogP contribution in [0.25, 0.3) is 0 Å². The third-order valence-electron chi connectivity index (χ3n) is 3.28. The van der Waals surface area contributed by atoms with E-state index in [2.05, 4.69) is 11.9 Å². The van der Waals surface area contributed by atoms with Gasteiger partial charge in [0, 0.05) is 23.5 Å². The number of aromatic nitrogens is 2. The van der Waals surface area contributed by atoms with Gasteiger partial charge in [0.15, 0.2) is 0 Å². The van der Waals surface area contributed by atoms with Gasteiger partial charge < -0.3 is 9.30 Å². The molecule has 0 saturated heterocycles. The highest BCUT2D eigenvalue weighted by Crippen LogP contribution is 2.19. The Labute approximate surface area is 129 Å². The Morgan fingerprint density at radius 2 is 2.14 bits per heavy atom. The van der Waals surface area contributed by atoms with Crippen LogP contribution in [0.3, 0.4) is 0 Å². The minimum absolute atomic E-state index is 0.107. The Morgan fingerprint density at radius 3 is 2.76 bits per heavy atom. The number of imidazole rings is 1. The number of rotatable bonds is 7. The van der Waals surface area contributed by atoms with Gasteiger partial charge in [-0.25, -0.2) is 4.98 Å². The summed E-state index contributed by atoms with van der Waals surface area (Å²) < 4.78 is 7.29. The molecule has 0 unspecified atom stereocenters. The topological polar surface area (TPSA) is 44.1 Å². The van der Waals surface area contributed by atoms with Crippen LogP contribution in [0.4, 0.5) is 0 Å². The lowest BCUT2D eigenvalue weighted by molar-refractivity contribution is -0.146. The van der Waals surface area contributed by atoms with Gasteiger partial charge in [-0.1, -0.05) is 37.1 Å². The lowest BCUT2D eigenvalue weighted by Crippen LogP contribution is -2.15. The average molecular weight is 307 g/mol. The molecule has 21 heavy (non-hydrogen) atoms. The minimum atomic E-state index is -0.197. The van der Waals surface area contributed by atoms with Gasteiger partial charge in [0.1, 0.15) is 6.61 Å². The van der Waals surface area contributed by atoms with Crippen molar-refractivity contribution in [2.24, 2.45) is 0 Å². The fourth-order valence-corrected chi connectivity index (χ4v) is 2.30. The predicted molar refractivity (Wildman–Crippen MR) is 82.0 cm³/mol. The number of nitrogens with zero attached hydrogens (tertiary/aromatic N) is 2. The van der Waals surface area contributed by atoms with E-state index in [1.54, 1.807) is 24.7 Å². The first-order valence-electron chi connectivity index (χ1n) is 7.06. The maximum Gasteiger partial charge on any atom is 0.308 e. The van der Waals surface area contributed by atoms with Gasteiger partial charge in [0.2, 0.25) is 0 Å². The first-order chi connectivity index (χ1) is 10.2. The molecule has 0 radical (unpaired) electrons. The molecule has 0 aliphatic rings. The summed E-state index contributed by atoms with van der Waals surface area (Å²) in [6.45, 7) is 2.38. The Balaban J connectivity index is 1.86. The monoisotopic (exact) mass is 306 g/mol. The Kier molecular flexibility index (Phi) is 5.81. The Morgan fingerprint density at radius 1 is 1.38 bits per heavy atom. The second-order valence-electron chi connectivity index (χ2n) is 4.94. The van der Waals surface area contributed by atoms with E-state index in [4.69, 9.17) is 16.3 Å². The molecule has 0 fully saturated rings. The minimum Gasteiger partial charge on any atom is -0.461 e. The third kappa shape index (κ3) is 4.90. The number of hydrogen-bond acceptors (Lipinski definition) is 3. The largest absolute Gasteiger partial charge is 0.461 e. The summed E-state index contributed by atoms with van der Waals surface area (Å²) in [5.74, 6) is -0.197. The van der Waals surface area contributed by atoms with Crippen molar-refractivity contribution in [3.8, 4) is 0 Å². The van der Waals surface area contributed by atoms with Crippen LogP contribution in [0.15, 0.2) is 43.0 Å². The van der Waals surface area contributed by atoms with E-state index in [1.807, 2.05) is 22.9 Å². The molecule has 112 valence electrons. The smallest absolute Gasteiger partial charge is 0.308 e. The molecule has 0 amide bonds. The molecule has 1 heterocycles. The highest BCUT2D eigenvalue weighted by molar-refractivity contribution is 6.30. The van der Waals surface area contributed by atoms with Crippen LogP contribution in [0, 0.1) is 0 Å². The van der Waals surface area contributed by atoms with Crippen LogP contribution in [-0.2, 0) is 16.1 Å². The maximum absolute atomic E-state index is 12.0. The van der Waals surface area contributed by atoms with Crippen molar-refractivity contribution in [1.29, 1.82) is 0 Å². The third-order valence-corrected chi connectivity index (χ3v) is 3.54. The first kappa shape index (κ1) is 15.6. The average Bonchev–Trinajstić information content (AvgIpc) is 3.00. The summed E-state index contributed by atoms with van der Waals surface area (Å²) in [6.07, 6.45) is 7.64. The molecular weight excluding hydrogens is 288 g/mol. The van der Waals surface area contributed by atoms with E-state index < -0.39 is 0 Å². The van der Waals surface area contributed by atoms with Crippen molar-refractivity contribution in [1.82, 2.24) is 9.55 Å². The first-order valence-corrected chi connectivity index (χ1v) is 7.44. The number of ether oxygens (including phenoxy) is 1. The molecule has 0 N–H and O–H groups in total. The molecule has 2 aromatic rings. The van der Waals surface area contributed by atoms with Gasteiger partial charge in [0.05, 0.1) is 12.7 Å². The normalized spacial score (nSPS) is 12.1. The summed E-state index contributed by atoms with van der Waals surface area (Å²) in [4.78, 5) is 16.0. The summed E-state index contributed by atoms with van der Waals surface area (Å²) in [7, 11) is 0. The van der Waals surface area contributed by atoms with Gasteiger partial charge in [0.25, 0.3) is 0 Å². The summed E-state index contributed by atoms with van der Waals surface area (Å²) >= 11 is 5.82. The zero-order valence-corrected chi connectivity index (χ0v) is 12.8. The molecule has 0 spiro atoms. The summed E-state index contributed by atoms with van der Waals surface area (Å²) in [6, 6.07) is 7.39. The van der Waals surface area contributed by atoms with Gasteiger partial charge in [-0.2, -0.15) is 0 Å². The zero-order valence-electron chi connectivity index (χ0n) is 12.0. The van der Waals surface area contributed by atoms with Crippen molar-refractivity contribution in [3.05, 3.63) is 53.6 Å². The molecule has 2 rings (SSSR count). The fraction of sp³-hybridized carbons (Fsp3) is 0.375. The van der Waals surface area contributed by atoms with Crippen molar-refractivity contribution < 1.29 is 9.53 Å². The zero-order chi connectivity index (χ0) is 15.1. The fourth-order valence-electron chi connectivity index (χ4n) is 2.17. The van der Waals surface area contributed by atoms with Gasteiger partial charge in [-0.15, -0.1) is 0 Å². The number of benzene rings is 1. The van der Waals surface area contributed by atoms with Crippen molar-refractivity contribution in [3.63, 3.8) is 0 Å². The number of halogens is 1. The van der Waals surface area contributed by atoms with E-state index in [9.17, 15) is 4.79 Å². The number of esters is 1. The molecule has 1 aromatic carbocycles. The van der Waals surface area contributed by atoms with Gasteiger partial charge in [-0.05, 0) is 24.1 Å². The van der Waals surface area contributed by atoms with Crippen LogP contribution in [0.2, 0.25) is 5.02 Å². The Bertz CT molecular complexity index is 552. The van der Waals surface area contributed by atoms with E-state index in [0.717, 1.165) is 18.4 Å². The lowest BCUT2D eigenvalue weighted by Gasteiger charge is -2.16. The van der Waals surface area contributed by atoms with E-state index in [1.165, 1.54) is 0 Å². The van der Waals surface area contributed by atoms with E-state index in [-0.39, 0.29) is 18.6 Å². The van der Waals surface area contributed by atoms with Crippen LogP contribution >= 0.6 is 11.6 Å². The van der Waals surface area contributed by atoms with Crippen LogP contribution in [-0.4, -0.2) is 15.5 Å². The lowest BCUT2D eigenvalue weighted by atomic mass is 10.1. The standard InChI is InChI=1S/C16H19ClN2O2/c1-2-3-15(19-9-8-18-12-19)10-16(20)21-11-13-4-6-14(17)7-5-13/h4-9,12,15H,2-3,10-11H2,1H3/t15-/m1/s1.